The first kappa shape index (κ1) is 15.1. The van der Waals surface area contributed by atoms with Crippen LogP contribution in [0.2, 0.25) is 0 Å². The predicted octanol–water partition coefficient (Wildman–Crippen LogP) is 1.33. The van der Waals surface area contributed by atoms with Crippen LogP contribution in [-0.4, -0.2) is 52.4 Å². The number of ether oxygens (including phenoxy) is 2. The first-order valence-corrected chi connectivity index (χ1v) is 8.19. The number of amides is 1. The van der Waals surface area contributed by atoms with Gasteiger partial charge in [0.05, 0.1) is 26.2 Å². The lowest BCUT2D eigenvalue weighted by Crippen LogP contribution is -2.42. The van der Waals surface area contributed by atoms with Gasteiger partial charge in [-0.3, -0.25) is 4.79 Å². The van der Waals surface area contributed by atoms with E-state index >= 15 is 0 Å². The molecule has 0 bridgehead atoms. The summed E-state index contributed by atoms with van der Waals surface area (Å²) in [5.74, 6) is 2.66. The molecule has 1 unspecified atom stereocenters. The number of benzene rings is 1. The van der Waals surface area contributed by atoms with E-state index in [-0.39, 0.29) is 11.8 Å². The Kier molecular flexibility index (Phi) is 3.93. The fourth-order valence-electron chi connectivity index (χ4n) is 3.29. The van der Waals surface area contributed by atoms with E-state index in [2.05, 4.69) is 14.8 Å². The quantitative estimate of drug-likeness (QED) is 0.850. The maximum Gasteiger partial charge on any atom is 0.228 e. The lowest BCUT2D eigenvalue weighted by molar-refractivity contribution is -0.137. The van der Waals surface area contributed by atoms with Crippen LogP contribution < -0.4 is 4.74 Å². The van der Waals surface area contributed by atoms with E-state index in [1.807, 2.05) is 29.2 Å². The normalized spacial score (nSPS) is 20.0. The molecule has 0 spiro atoms. The van der Waals surface area contributed by atoms with Crippen LogP contribution in [0.5, 0.6) is 5.75 Å². The van der Waals surface area contributed by atoms with Crippen LogP contribution in [0.3, 0.4) is 0 Å². The zero-order valence-electron chi connectivity index (χ0n) is 13.6. The maximum atomic E-state index is 12.5. The molecule has 1 saturated heterocycles. The monoisotopic (exact) mass is 328 g/mol. The lowest BCUT2D eigenvalue weighted by Gasteiger charge is -2.29. The average Bonchev–Trinajstić information content (AvgIpc) is 3.30. The van der Waals surface area contributed by atoms with Gasteiger partial charge in [0, 0.05) is 25.3 Å². The van der Waals surface area contributed by atoms with Crippen LogP contribution in [0.1, 0.15) is 12.2 Å². The van der Waals surface area contributed by atoms with Gasteiger partial charge in [0.1, 0.15) is 5.75 Å². The summed E-state index contributed by atoms with van der Waals surface area (Å²) in [6, 6.07) is 7.78. The Morgan fingerprint density at radius 2 is 2.08 bits per heavy atom. The Hall–Kier alpha value is -2.41. The molecule has 126 valence electrons. The SMILES string of the molecule is COc1ccc(-c2nnc3n2CCN(C(=O)C2CCOC2)C3)cc1. The standard InChI is InChI=1S/C17H20N4O3/c1-23-14-4-2-12(3-5-14)16-19-18-15-10-20(7-8-21(15)16)17(22)13-6-9-24-11-13/h2-5,13H,6-11H2,1H3. The second-order valence-corrected chi connectivity index (χ2v) is 6.14. The maximum absolute atomic E-state index is 12.5. The summed E-state index contributed by atoms with van der Waals surface area (Å²) in [5, 5.41) is 8.62. The number of hydrogen-bond acceptors (Lipinski definition) is 5. The van der Waals surface area contributed by atoms with Crippen molar-refractivity contribution >= 4 is 5.91 Å². The topological polar surface area (TPSA) is 69.5 Å². The molecule has 24 heavy (non-hydrogen) atoms. The van der Waals surface area contributed by atoms with Crippen molar-refractivity contribution in [3.8, 4) is 17.1 Å². The minimum atomic E-state index is 0.000491. The number of rotatable bonds is 3. The van der Waals surface area contributed by atoms with Gasteiger partial charge in [-0.2, -0.15) is 0 Å². The molecule has 0 N–H and O–H groups in total. The third kappa shape index (κ3) is 2.65. The molecule has 3 heterocycles. The Bertz CT molecular complexity index is 735. The van der Waals surface area contributed by atoms with Gasteiger partial charge in [0.25, 0.3) is 0 Å². The van der Waals surface area contributed by atoms with E-state index < -0.39 is 0 Å². The minimum absolute atomic E-state index is 0.000491. The Labute approximate surface area is 140 Å². The second-order valence-electron chi connectivity index (χ2n) is 6.14. The molecule has 1 atom stereocenters. The summed E-state index contributed by atoms with van der Waals surface area (Å²) >= 11 is 0. The van der Waals surface area contributed by atoms with Crippen molar-refractivity contribution in [1.29, 1.82) is 0 Å². The van der Waals surface area contributed by atoms with Crippen LogP contribution >= 0.6 is 0 Å². The highest BCUT2D eigenvalue weighted by molar-refractivity contribution is 5.79. The van der Waals surface area contributed by atoms with Gasteiger partial charge >= 0.3 is 0 Å². The summed E-state index contributed by atoms with van der Waals surface area (Å²) < 4.78 is 12.6. The van der Waals surface area contributed by atoms with Gasteiger partial charge in [0.15, 0.2) is 11.6 Å². The van der Waals surface area contributed by atoms with E-state index in [0.29, 0.717) is 32.8 Å². The molecular formula is C17H20N4O3. The van der Waals surface area contributed by atoms with Gasteiger partial charge in [0.2, 0.25) is 5.91 Å². The molecule has 0 aliphatic carbocycles. The van der Waals surface area contributed by atoms with Crippen LogP contribution in [0.15, 0.2) is 24.3 Å². The molecule has 2 aliphatic rings. The largest absolute Gasteiger partial charge is 0.497 e. The summed E-state index contributed by atoms with van der Waals surface area (Å²) in [6.45, 7) is 3.13. The van der Waals surface area contributed by atoms with Crippen molar-refractivity contribution in [2.45, 2.75) is 19.5 Å². The molecule has 7 nitrogen and oxygen atoms in total. The van der Waals surface area contributed by atoms with Crippen molar-refractivity contribution in [2.24, 2.45) is 5.92 Å². The van der Waals surface area contributed by atoms with Crippen molar-refractivity contribution in [2.75, 3.05) is 26.9 Å². The number of fused-ring (bicyclic) bond motifs is 1. The molecule has 2 aromatic rings. The number of nitrogens with zero attached hydrogens (tertiary/aromatic N) is 4. The molecular weight excluding hydrogens is 308 g/mol. The third-order valence-corrected chi connectivity index (χ3v) is 4.69. The van der Waals surface area contributed by atoms with Crippen LogP contribution in [0.4, 0.5) is 0 Å². The lowest BCUT2D eigenvalue weighted by atomic mass is 10.1. The second kappa shape index (κ2) is 6.24. The van der Waals surface area contributed by atoms with Crippen molar-refractivity contribution < 1.29 is 14.3 Å². The molecule has 2 aliphatic heterocycles. The summed E-state index contributed by atoms with van der Waals surface area (Å²) in [6.07, 6.45) is 0.819. The molecule has 0 saturated carbocycles. The third-order valence-electron chi connectivity index (χ3n) is 4.69. The first-order chi connectivity index (χ1) is 11.8. The van der Waals surface area contributed by atoms with E-state index in [4.69, 9.17) is 9.47 Å². The van der Waals surface area contributed by atoms with Gasteiger partial charge in [-0.1, -0.05) is 0 Å². The van der Waals surface area contributed by atoms with Gasteiger partial charge in [-0.05, 0) is 30.7 Å². The summed E-state index contributed by atoms with van der Waals surface area (Å²) in [7, 11) is 1.65. The van der Waals surface area contributed by atoms with Crippen molar-refractivity contribution in [1.82, 2.24) is 19.7 Å². The molecule has 1 amide bonds. The Balaban J connectivity index is 1.53. The fraction of sp³-hybridized carbons (Fsp3) is 0.471. The molecule has 4 rings (SSSR count). The van der Waals surface area contributed by atoms with Crippen LogP contribution in [-0.2, 0) is 22.6 Å². The molecule has 1 fully saturated rings. The number of aromatic nitrogens is 3. The fourth-order valence-corrected chi connectivity index (χ4v) is 3.29. The average molecular weight is 328 g/mol. The number of carbonyl (C=O) groups is 1. The zero-order valence-corrected chi connectivity index (χ0v) is 13.6. The number of hydrogen-bond donors (Lipinski definition) is 0. The van der Waals surface area contributed by atoms with Gasteiger partial charge < -0.3 is 18.9 Å². The van der Waals surface area contributed by atoms with Gasteiger partial charge in [-0.25, -0.2) is 0 Å². The van der Waals surface area contributed by atoms with Crippen LogP contribution in [0, 0.1) is 5.92 Å². The highest BCUT2D eigenvalue weighted by atomic mass is 16.5. The highest BCUT2D eigenvalue weighted by Gasteiger charge is 2.31. The van der Waals surface area contributed by atoms with Crippen molar-refractivity contribution in [3.63, 3.8) is 0 Å². The van der Waals surface area contributed by atoms with E-state index in [0.717, 1.165) is 29.4 Å². The van der Waals surface area contributed by atoms with E-state index in [1.54, 1.807) is 7.11 Å². The first-order valence-electron chi connectivity index (χ1n) is 8.19. The molecule has 1 aromatic heterocycles. The van der Waals surface area contributed by atoms with E-state index in [1.165, 1.54) is 0 Å². The summed E-state index contributed by atoms with van der Waals surface area (Å²) in [5.41, 5.74) is 0.999. The van der Waals surface area contributed by atoms with E-state index in [9.17, 15) is 4.79 Å². The van der Waals surface area contributed by atoms with Crippen molar-refractivity contribution in [3.05, 3.63) is 30.1 Å². The van der Waals surface area contributed by atoms with Gasteiger partial charge in [-0.15, -0.1) is 10.2 Å². The molecule has 1 aromatic carbocycles. The smallest absolute Gasteiger partial charge is 0.228 e. The molecule has 7 heteroatoms. The van der Waals surface area contributed by atoms with Crippen LogP contribution in [0.25, 0.3) is 11.4 Å². The predicted molar refractivity (Wildman–Crippen MR) is 86.4 cm³/mol. The highest BCUT2D eigenvalue weighted by Crippen LogP contribution is 2.25. The minimum Gasteiger partial charge on any atom is -0.497 e. The number of carbonyl (C=O) groups excluding carboxylic acids is 1. The zero-order chi connectivity index (χ0) is 16.5. The summed E-state index contributed by atoms with van der Waals surface area (Å²) in [4.78, 5) is 14.4. The Morgan fingerprint density at radius 1 is 1.25 bits per heavy atom. The molecule has 0 radical (unpaired) electrons. The Morgan fingerprint density at radius 3 is 2.79 bits per heavy atom. The number of methoxy groups -OCH3 is 1.